The van der Waals surface area contributed by atoms with E-state index in [1.165, 1.54) is 24.3 Å². The number of nitro benzene ring substituents is 1. The molecule has 0 heterocycles. The molecule has 3 aromatic rings. The second-order valence-corrected chi connectivity index (χ2v) is 6.32. The minimum Gasteiger partial charge on any atom is -0.484 e. The fourth-order valence-corrected chi connectivity index (χ4v) is 2.77. The summed E-state index contributed by atoms with van der Waals surface area (Å²) in [6, 6.07) is 23.6. The average Bonchev–Trinajstić information content (AvgIpc) is 2.73. The first-order valence-corrected chi connectivity index (χ1v) is 8.85. The lowest BCUT2D eigenvalue weighted by atomic mass is 10.0. The fraction of sp³-hybridized carbons (Fsp3) is 0.136. The lowest BCUT2D eigenvalue weighted by molar-refractivity contribution is -0.384. The van der Waals surface area contributed by atoms with Crippen LogP contribution in [0.2, 0.25) is 0 Å². The van der Waals surface area contributed by atoms with Crippen molar-refractivity contribution in [3.63, 3.8) is 0 Å². The highest BCUT2D eigenvalue weighted by Crippen LogP contribution is 2.22. The molecule has 0 saturated heterocycles. The molecule has 1 amide bonds. The second kappa shape index (κ2) is 8.81. The Kier molecular flexibility index (Phi) is 6.01. The monoisotopic (exact) mass is 376 g/mol. The van der Waals surface area contributed by atoms with E-state index in [-0.39, 0.29) is 24.2 Å². The summed E-state index contributed by atoms with van der Waals surface area (Å²) in [4.78, 5) is 22.3. The number of carbonyl (C=O) groups excluding carboxylic acids is 1. The van der Waals surface area contributed by atoms with E-state index < -0.39 is 4.92 Å². The predicted molar refractivity (Wildman–Crippen MR) is 107 cm³/mol. The number of benzene rings is 3. The van der Waals surface area contributed by atoms with Crippen molar-refractivity contribution in [3.05, 3.63) is 94.5 Å². The lowest BCUT2D eigenvalue weighted by Crippen LogP contribution is -2.31. The molecule has 0 bridgehead atoms. The maximum absolute atomic E-state index is 12.1. The molecule has 0 radical (unpaired) electrons. The molecule has 6 heteroatoms. The summed E-state index contributed by atoms with van der Waals surface area (Å²) in [7, 11) is 0. The van der Waals surface area contributed by atoms with Crippen LogP contribution in [0.1, 0.15) is 18.5 Å². The molecular formula is C22H20N2O4. The van der Waals surface area contributed by atoms with Gasteiger partial charge in [-0.05, 0) is 35.7 Å². The van der Waals surface area contributed by atoms with Crippen LogP contribution in [0.5, 0.6) is 5.75 Å². The molecule has 1 unspecified atom stereocenters. The van der Waals surface area contributed by atoms with Gasteiger partial charge in [-0.25, -0.2) is 0 Å². The maximum Gasteiger partial charge on any atom is 0.269 e. The number of amides is 1. The predicted octanol–water partition coefficient (Wildman–Crippen LogP) is 4.52. The van der Waals surface area contributed by atoms with E-state index in [0.29, 0.717) is 5.75 Å². The number of nitrogens with one attached hydrogen (secondary N) is 1. The zero-order chi connectivity index (χ0) is 19.9. The Labute approximate surface area is 162 Å². The van der Waals surface area contributed by atoms with Crippen molar-refractivity contribution in [2.75, 3.05) is 6.61 Å². The Balaban J connectivity index is 1.53. The molecule has 6 nitrogen and oxygen atoms in total. The first-order chi connectivity index (χ1) is 13.5. The van der Waals surface area contributed by atoms with Gasteiger partial charge >= 0.3 is 0 Å². The van der Waals surface area contributed by atoms with Crippen molar-refractivity contribution in [3.8, 4) is 16.9 Å². The number of non-ortho nitro benzene ring substituents is 1. The van der Waals surface area contributed by atoms with Gasteiger partial charge in [-0.15, -0.1) is 0 Å². The van der Waals surface area contributed by atoms with E-state index in [2.05, 4.69) is 17.4 Å². The van der Waals surface area contributed by atoms with E-state index in [0.717, 1.165) is 16.7 Å². The molecular weight excluding hydrogens is 356 g/mol. The standard InChI is InChI=1S/C22H20N2O4/c1-16(17-7-9-19(10-8-17)18-5-3-2-4-6-18)23-22(25)15-28-21-13-11-20(12-14-21)24(26)27/h2-14,16H,15H2,1H3,(H,23,25). The van der Waals surface area contributed by atoms with Crippen molar-refractivity contribution in [1.82, 2.24) is 5.32 Å². The first kappa shape index (κ1) is 19.1. The summed E-state index contributed by atoms with van der Waals surface area (Å²) in [5, 5.41) is 13.5. The van der Waals surface area contributed by atoms with Gasteiger partial charge in [0.1, 0.15) is 5.75 Å². The minimum atomic E-state index is -0.485. The van der Waals surface area contributed by atoms with Gasteiger partial charge in [0.25, 0.3) is 11.6 Å². The Hall–Kier alpha value is -3.67. The van der Waals surface area contributed by atoms with Gasteiger partial charge in [-0.3, -0.25) is 14.9 Å². The second-order valence-electron chi connectivity index (χ2n) is 6.32. The van der Waals surface area contributed by atoms with Crippen LogP contribution in [0, 0.1) is 10.1 Å². The summed E-state index contributed by atoms with van der Waals surface area (Å²) in [6.07, 6.45) is 0. The van der Waals surface area contributed by atoms with Gasteiger partial charge < -0.3 is 10.1 Å². The number of rotatable bonds is 7. The van der Waals surface area contributed by atoms with Crippen LogP contribution in [0.25, 0.3) is 11.1 Å². The third-order valence-corrected chi connectivity index (χ3v) is 4.31. The fourth-order valence-electron chi connectivity index (χ4n) is 2.77. The van der Waals surface area contributed by atoms with Crippen molar-refractivity contribution in [2.24, 2.45) is 0 Å². The summed E-state index contributed by atoms with van der Waals surface area (Å²) >= 11 is 0. The zero-order valence-corrected chi connectivity index (χ0v) is 15.4. The van der Waals surface area contributed by atoms with Crippen LogP contribution < -0.4 is 10.1 Å². The van der Waals surface area contributed by atoms with E-state index in [1.54, 1.807) is 0 Å². The van der Waals surface area contributed by atoms with Crippen LogP contribution in [0.4, 0.5) is 5.69 Å². The third kappa shape index (κ3) is 4.94. The average molecular weight is 376 g/mol. The quantitative estimate of drug-likeness (QED) is 0.486. The first-order valence-electron chi connectivity index (χ1n) is 8.85. The molecule has 0 aliphatic rings. The topological polar surface area (TPSA) is 81.5 Å². The molecule has 142 valence electrons. The number of hydrogen-bond donors (Lipinski definition) is 1. The normalized spacial score (nSPS) is 11.5. The van der Waals surface area contributed by atoms with Crippen molar-refractivity contribution < 1.29 is 14.5 Å². The van der Waals surface area contributed by atoms with Gasteiger partial charge in [-0.2, -0.15) is 0 Å². The van der Waals surface area contributed by atoms with Crippen molar-refractivity contribution in [1.29, 1.82) is 0 Å². The van der Waals surface area contributed by atoms with Crippen LogP contribution in [0.3, 0.4) is 0 Å². The molecule has 0 aliphatic carbocycles. The molecule has 0 saturated carbocycles. The van der Waals surface area contributed by atoms with Crippen LogP contribution in [0.15, 0.2) is 78.9 Å². The van der Waals surface area contributed by atoms with Gasteiger partial charge in [-0.1, -0.05) is 54.6 Å². The lowest BCUT2D eigenvalue weighted by Gasteiger charge is -2.15. The van der Waals surface area contributed by atoms with E-state index in [9.17, 15) is 14.9 Å². The molecule has 0 aliphatic heterocycles. The highest BCUT2D eigenvalue weighted by atomic mass is 16.6. The minimum absolute atomic E-state index is 0.0237. The summed E-state index contributed by atoms with van der Waals surface area (Å²) in [5.41, 5.74) is 3.22. The van der Waals surface area contributed by atoms with Gasteiger partial charge in [0.05, 0.1) is 11.0 Å². The van der Waals surface area contributed by atoms with Gasteiger partial charge in [0.15, 0.2) is 6.61 Å². The summed E-state index contributed by atoms with van der Waals surface area (Å²) in [5.74, 6) is 0.138. The van der Waals surface area contributed by atoms with Gasteiger partial charge in [0, 0.05) is 12.1 Å². The number of carbonyl (C=O) groups is 1. The molecule has 28 heavy (non-hydrogen) atoms. The largest absolute Gasteiger partial charge is 0.484 e. The third-order valence-electron chi connectivity index (χ3n) is 4.31. The number of nitrogens with zero attached hydrogens (tertiary/aromatic N) is 1. The van der Waals surface area contributed by atoms with Crippen LogP contribution in [-0.2, 0) is 4.79 Å². The Morgan fingerprint density at radius 2 is 1.57 bits per heavy atom. The molecule has 3 rings (SSSR count). The Bertz CT molecular complexity index is 939. The molecule has 0 spiro atoms. The Morgan fingerprint density at radius 1 is 0.964 bits per heavy atom. The van der Waals surface area contributed by atoms with Crippen molar-refractivity contribution >= 4 is 11.6 Å². The highest BCUT2D eigenvalue weighted by molar-refractivity contribution is 5.78. The molecule has 0 fully saturated rings. The molecule has 1 N–H and O–H groups in total. The maximum atomic E-state index is 12.1. The van der Waals surface area contributed by atoms with E-state index in [4.69, 9.17) is 4.74 Å². The number of hydrogen-bond acceptors (Lipinski definition) is 4. The SMILES string of the molecule is CC(NC(=O)COc1ccc([N+](=O)[O-])cc1)c1ccc(-c2ccccc2)cc1. The van der Waals surface area contributed by atoms with E-state index in [1.807, 2.05) is 49.4 Å². The zero-order valence-electron chi connectivity index (χ0n) is 15.4. The number of nitro groups is 1. The van der Waals surface area contributed by atoms with Gasteiger partial charge in [0.2, 0.25) is 0 Å². The summed E-state index contributed by atoms with van der Waals surface area (Å²) < 4.78 is 5.38. The molecule has 1 atom stereocenters. The highest BCUT2D eigenvalue weighted by Gasteiger charge is 2.11. The van der Waals surface area contributed by atoms with Crippen molar-refractivity contribution in [2.45, 2.75) is 13.0 Å². The van der Waals surface area contributed by atoms with E-state index >= 15 is 0 Å². The number of ether oxygens (including phenoxy) is 1. The molecule has 3 aromatic carbocycles. The Morgan fingerprint density at radius 3 is 2.18 bits per heavy atom. The van der Waals surface area contributed by atoms with Crippen LogP contribution >= 0.6 is 0 Å². The smallest absolute Gasteiger partial charge is 0.269 e. The molecule has 0 aromatic heterocycles. The van der Waals surface area contributed by atoms with Crippen LogP contribution in [-0.4, -0.2) is 17.4 Å². The summed E-state index contributed by atoms with van der Waals surface area (Å²) in [6.45, 7) is 1.74.